The predicted molar refractivity (Wildman–Crippen MR) is 68.3 cm³/mol. The summed E-state index contributed by atoms with van der Waals surface area (Å²) in [4.78, 5) is 2.18. The summed E-state index contributed by atoms with van der Waals surface area (Å²) >= 11 is 0. The highest BCUT2D eigenvalue weighted by atomic mass is 19.1. The molecule has 17 heavy (non-hydrogen) atoms. The fourth-order valence-electron chi connectivity index (χ4n) is 2.23. The van der Waals surface area contributed by atoms with Crippen molar-refractivity contribution in [3.05, 3.63) is 23.5 Å². The Kier molecular flexibility index (Phi) is 3.84. The van der Waals surface area contributed by atoms with E-state index in [0.717, 1.165) is 37.4 Å². The second kappa shape index (κ2) is 5.36. The highest BCUT2D eigenvalue weighted by Gasteiger charge is 2.13. The zero-order chi connectivity index (χ0) is 12.3. The van der Waals surface area contributed by atoms with Gasteiger partial charge in [0, 0.05) is 32.4 Å². The minimum atomic E-state index is -0.187. The minimum absolute atomic E-state index is 0.187. The average Bonchev–Trinajstić information content (AvgIpc) is 2.57. The molecular weight excluding hydrogens is 219 g/mol. The van der Waals surface area contributed by atoms with Gasteiger partial charge < -0.3 is 15.0 Å². The van der Waals surface area contributed by atoms with Gasteiger partial charge in [-0.2, -0.15) is 0 Å². The summed E-state index contributed by atoms with van der Waals surface area (Å²) in [5, 5.41) is 2.89. The van der Waals surface area contributed by atoms with E-state index in [1.807, 2.05) is 13.0 Å². The molecule has 1 fully saturated rings. The molecule has 0 saturated carbocycles. The molecule has 2 rings (SSSR count). The van der Waals surface area contributed by atoms with Crippen LogP contribution >= 0.6 is 0 Å². The predicted octanol–water partition coefficient (Wildman–Crippen LogP) is 2.40. The number of halogens is 1. The molecule has 1 heterocycles. The first-order valence-electron chi connectivity index (χ1n) is 6.03. The normalized spacial score (nSPS) is 16.8. The largest absolute Gasteiger partial charge is 0.386 e. The quantitative estimate of drug-likeness (QED) is 0.856. The third kappa shape index (κ3) is 2.69. The molecule has 0 aliphatic carbocycles. The molecule has 1 saturated heterocycles. The fourth-order valence-corrected chi connectivity index (χ4v) is 2.23. The molecule has 94 valence electrons. The molecule has 0 atom stereocenters. The van der Waals surface area contributed by atoms with Crippen molar-refractivity contribution in [3.63, 3.8) is 0 Å². The van der Waals surface area contributed by atoms with E-state index >= 15 is 0 Å². The number of nitrogens with one attached hydrogen (secondary N) is 1. The van der Waals surface area contributed by atoms with E-state index in [2.05, 4.69) is 10.2 Å². The molecule has 4 heteroatoms. The zero-order valence-electron chi connectivity index (χ0n) is 10.4. The van der Waals surface area contributed by atoms with Gasteiger partial charge in [-0.1, -0.05) is 0 Å². The Balaban J connectivity index is 2.26. The standard InChI is InChI=1S/C13H19FN2O/c1-10-8-11(9-12(14)13(10)15-2)16-4-3-6-17-7-5-16/h8-9,15H,3-7H2,1-2H3. The highest BCUT2D eigenvalue weighted by Crippen LogP contribution is 2.26. The Morgan fingerprint density at radius 2 is 2.12 bits per heavy atom. The summed E-state index contributed by atoms with van der Waals surface area (Å²) < 4.78 is 19.3. The van der Waals surface area contributed by atoms with Gasteiger partial charge in [0.05, 0.1) is 12.3 Å². The van der Waals surface area contributed by atoms with Crippen molar-refractivity contribution in [2.75, 3.05) is 43.6 Å². The van der Waals surface area contributed by atoms with Crippen LogP contribution in [0.4, 0.5) is 15.8 Å². The van der Waals surface area contributed by atoms with Crippen LogP contribution in [0.5, 0.6) is 0 Å². The lowest BCUT2D eigenvalue weighted by Gasteiger charge is -2.23. The van der Waals surface area contributed by atoms with E-state index in [4.69, 9.17) is 4.74 Å². The number of hydrogen-bond acceptors (Lipinski definition) is 3. The number of hydrogen-bond donors (Lipinski definition) is 1. The maximum atomic E-state index is 13.8. The van der Waals surface area contributed by atoms with Gasteiger partial charge in [0.1, 0.15) is 5.82 Å². The van der Waals surface area contributed by atoms with Crippen LogP contribution in [0.1, 0.15) is 12.0 Å². The van der Waals surface area contributed by atoms with Crippen molar-refractivity contribution in [1.82, 2.24) is 0 Å². The SMILES string of the molecule is CNc1c(C)cc(N2CCCOCC2)cc1F. The molecule has 1 N–H and O–H groups in total. The smallest absolute Gasteiger partial charge is 0.148 e. The van der Waals surface area contributed by atoms with Crippen molar-refractivity contribution in [2.45, 2.75) is 13.3 Å². The average molecular weight is 238 g/mol. The van der Waals surface area contributed by atoms with Crippen LogP contribution in [0.2, 0.25) is 0 Å². The van der Waals surface area contributed by atoms with Gasteiger partial charge >= 0.3 is 0 Å². The molecule has 1 aromatic rings. The van der Waals surface area contributed by atoms with E-state index in [-0.39, 0.29) is 5.82 Å². The van der Waals surface area contributed by atoms with E-state index < -0.39 is 0 Å². The molecule has 1 aliphatic heterocycles. The number of anilines is 2. The van der Waals surface area contributed by atoms with Crippen molar-refractivity contribution >= 4 is 11.4 Å². The van der Waals surface area contributed by atoms with Crippen LogP contribution in [0.3, 0.4) is 0 Å². The monoisotopic (exact) mass is 238 g/mol. The lowest BCUT2D eigenvalue weighted by molar-refractivity contribution is 0.152. The Hall–Kier alpha value is -1.29. The molecule has 0 radical (unpaired) electrons. The summed E-state index contributed by atoms with van der Waals surface area (Å²) in [6.07, 6.45) is 0.994. The highest BCUT2D eigenvalue weighted by molar-refractivity contribution is 5.61. The lowest BCUT2D eigenvalue weighted by Crippen LogP contribution is -2.26. The molecule has 0 spiro atoms. The molecule has 0 aromatic heterocycles. The van der Waals surface area contributed by atoms with Gasteiger partial charge in [0.25, 0.3) is 0 Å². The second-order valence-corrected chi connectivity index (χ2v) is 4.32. The minimum Gasteiger partial charge on any atom is -0.386 e. The van der Waals surface area contributed by atoms with Gasteiger partial charge in [-0.05, 0) is 31.0 Å². The zero-order valence-corrected chi connectivity index (χ0v) is 10.4. The Labute approximate surface area is 102 Å². The summed E-state index contributed by atoms with van der Waals surface area (Å²) in [5.41, 5.74) is 2.47. The summed E-state index contributed by atoms with van der Waals surface area (Å²) in [6.45, 7) is 5.20. The van der Waals surface area contributed by atoms with Crippen LogP contribution in [0, 0.1) is 12.7 Å². The fraction of sp³-hybridized carbons (Fsp3) is 0.538. The maximum absolute atomic E-state index is 13.8. The number of ether oxygens (including phenoxy) is 1. The molecular formula is C13H19FN2O. The van der Waals surface area contributed by atoms with E-state index in [0.29, 0.717) is 12.3 Å². The summed E-state index contributed by atoms with van der Waals surface area (Å²) in [6, 6.07) is 3.63. The Morgan fingerprint density at radius 1 is 1.29 bits per heavy atom. The molecule has 3 nitrogen and oxygen atoms in total. The van der Waals surface area contributed by atoms with Gasteiger partial charge in [0.15, 0.2) is 0 Å². The molecule has 1 aromatic carbocycles. The summed E-state index contributed by atoms with van der Waals surface area (Å²) in [5.74, 6) is -0.187. The molecule has 0 unspecified atom stereocenters. The first-order valence-corrected chi connectivity index (χ1v) is 6.03. The van der Waals surface area contributed by atoms with Crippen LogP contribution in [0.15, 0.2) is 12.1 Å². The third-order valence-electron chi connectivity index (χ3n) is 3.11. The van der Waals surface area contributed by atoms with Crippen molar-refractivity contribution in [2.24, 2.45) is 0 Å². The number of nitrogens with zero attached hydrogens (tertiary/aromatic N) is 1. The number of rotatable bonds is 2. The van der Waals surface area contributed by atoms with Crippen LogP contribution in [-0.4, -0.2) is 33.4 Å². The number of benzene rings is 1. The van der Waals surface area contributed by atoms with Gasteiger partial charge in [0.2, 0.25) is 0 Å². The van der Waals surface area contributed by atoms with E-state index in [9.17, 15) is 4.39 Å². The first kappa shape index (κ1) is 12.2. The Bertz CT molecular complexity index is 364. The Morgan fingerprint density at radius 3 is 2.82 bits per heavy atom. The van der Waals surface area contributed by atoms with Crippen molar-refractivity contribution < 1.29 is 9.13 Å². The number of aryl methyl sites for hydroxylation is 1. The van der Waals surface area contributed by atoms with Crippen LogP contribution in [0.25, 0.3) is 0 Å². The molecule has 1 aliphatic rings. The topological polar surface area (TPSA) is 24.5 Å². The first-order chi connectivity index (χ1) is 8.22. The van der Waals surface area contributed by atoms with Crippen molar-refractivity contribution in [3.8, 4) is 0 Å². The maximum Gasteiger partial charge on any atom is 0.148 e. The van der Waals surface area contributed by atoms with Crippen molar-refractivity contribution in [1.29, 1.82) is 0 Å². The van der Waals surface area contributed by atoms with E-state index in [1.165, 1.54) is 0 Å². The van der Waals surface area contributed by atoms with Crippen LogP contribution < -0.4 is 10.2 Å². The van der Waals surface area contributed by atoms with Crippen LogP contribution in [-0.2, 0) is 4.74 Å². The second-order valence-electron chi connectivity index (χ2n) is 4.32. The molecule has 0 bridgehead atoms. The van der Waals surface area contributed by atoms with Gasteiger partial charge in [-0.3, -0.25) is 0 Å². The summed E-state index contributed by atoms with van der Waals surface area (Å²) in [7, 11) is 1.74. The van der Waals surface area contributed by atoms with Gasteiger partial charge in [-0.25, -0.2) is 4.39 Å². The molecule has 0 amide bonds. The van der Waals surface area contributed by atoms with E-state index in [1.54, 1.807) is 13.1 Å². The third-order valence-corrected chi connectivity index (χ3v) is 3.11. The lowest BCUT2D eigenvalue weighted by atomic mass is 10.1. The van der Waals surface area contributed by atoms with Gasteiger partial charge in [-0.15, -0.1) is 0 Å².